The lowest BCUT2D eigenvalue weighted by atomic mass is 9.97. The Hall–Kier alpha value is -0.930. The summed E-state index contributed by atoms with van der Waals surface area (Å²) in [6, 6.07) is 3.13. The Morgan fingerprint density at radius 3 is 2.36 bits per heavy atom. The lowest BCUT2D eigenvalue weighted by molar-refractivity contribution is 0.0754. The number of phenols is 1. The van der Waals surface area contributed by atoms with Crippen molar-refractivity contribution in [1.29, 1.82) is 0 Å². The molecule has 1 rings (SSSR count). The molecule has 78 valence electrons. The molecule has 0 radical (unpaired) electrons. The molecule has 0 fully saturated rings. The van der Waals surface area contributed by atoms with Gasteiger partial charge in [0.1, 0.15) is 0 Å². The van der Waals surface area contributed by atoms with Gasteiger partial charge in [-0.25, -0.2) is 0 Å². The fraction of sp³-hybridized carbons (Fsp3) is 0.400. The summed E-state index contributed by atoms with van der Waals surface area (Å²) < 4.78 is 4.92. The first-order chi connectivity index (χ1) is 6.38. The van der Waals surface area contributed by atoms with Gasteiger partial charge in [0.25, 0.3) is 0 Å². The van der Waals surface area contributed by atoms with Gasteiger partial charge in [-0.15, -0.1) is 0 Å². The van der Waals surface area contributed by atoms with Crippen LogP contribution < -0.4 is 4.74 Å². The maximum absolute atomic E-state index is 9.77. The number of rotatable bonds is 2. The summed E-state index contributed by atoms with van der Waals surface area (Å²) in [5, 5.41) is 19.8. The highest BCUT2D eigenvalue weighted by Crippen LogP contribution is 2.40. The zero-order valence-corrected chi connectivity index (χ0v) is 9.09. The minimum Gasteiger partial charge on any atom is -0.504 e. The standard InChI is InChI=1S/C10H13ClO3/c1-10(2,13)8-6(11)4-5-7(14-3)9(8)12/h4-5,12-13H,1-3H3. The Morgan fingerprint density at radius 1 is 1.36 bits per heavy atom. The van der Waals surface area contributed by atoms with Gasteiger partial charge in [-0.2, -0.15) is 0 Å². The van der Waals surface area contributed by atoms with Gasteiger partial charge in [0.2, 0.25) is 0 Å². The molecular weight excluding hydrogens is 204 g/mol. The summed E-state index contributed by atoms with van der Waals surface area (Å²) in [4.78, 5) is 0. The van der Waals surface area contributed by atoms with Crippen LogP contribution in [0.15, 0.2) is 12.1 Å². The van der Waals surface area contributed by atoms with Crippen molar-refractivity contribution >= 4 is 11.6 Å². The lowest BCUT2D eigenvalue weighted by Gasteiger charge is -2.21. The van der Waals surface area contributed by atoms with Gasteiger partial charge in [0, 0.05) is 5.56 Å². The molecule has 3 nitrogen and oxygen atoms in total. The molecule has 0 spiro atoms. The summed E-state index contributed by atoms with van der Waals surface area (Å²) in [5.74, 6) is 0.180. The summed E-state index contributed by atoms with van der Waals surface area (Å²) in [6.45, 7) is 3.10. The maximum Gasteiger partial charge on any atom is 0.165 e. The van der Waals surface area contributed by atoms with Crippen molar-refractivity contribution in [3.63, 3.8) is 0 Å². The molecule has 0 aliphatic rings. The van der Waals surface area contributed by atoms with Crippen LogP contribution in [0.3, 0.4) is 0 Å². The van der Waals surface area contributed by atoms with Crippen molar-refractivity contribution in [2.75, 3.05) is 7.11 Å². The third kappa shape index (κ3) is 1.94. The van der Waals surface area contributed by atoms with Crippen molar-refractivity contribution < 1.29 is 14.9 Å². The van der Waals surface area contributed by atoms with Crippen LogP contribution in [0, 0.1) is 0 Å². The third-order valence-electron chi connectivity index (χ3n) is 1.92. The second-order valence-corrected chi connectivity index (χ2v) is 3.94. The number of halogens is 1. The van der Waals surface area contributed by atoms with E-state index >= 15 is 0 Å². The summed E-state index contributed by atoms with van der Waals surface area (Å²) in [5.41, 5.74) is -0.922. The highest BCUT2D eigenvalue weighted by molar-refractivity contribution is 6.31. The number of aliphatic hydroxyl groups is 1. The van der Waals surface area contributed by atoms with Crippen LogP contribution in [0.1, 0.15) is 19.4 Å². The van der Waals surface area contributed by atoms with Crippen molar-refractivity contribution in [2.24, 2.45) is 0 Å². The molecule has 0 atom stereocenters. The summed E-state index contributed by atoms with van der Waals surface area (Å²) >= 11 is 5.87. The molecule has 0 unspecified atom stereocenters. The normalized spacial score (nSPS) is 11.5. The van der Waals surface area contributed by atoms with E-state index in [9.17, 15) is 10.2 Å². The smallest absolute Gasteiger partial charge is 0.165 e. The van der Waals surface area contributed by atoms with E-state index in [1.807, 2.05) is 0 Å². The van der Waals surface area contributed by atoms with E-state index in [0.717, 1.165) is 0 Å². The van der Waals surface area contributed by atoms with Crippen LogP contribution in [0.4, 0.5) is 0 Å². The zero-order valence-electron chi connectivity index (χ0n) is 8.34. The SMILES string of the molecule is COc1ccc(Cl)c(C(C)(C)O)c1O. The van der Waals surface area contributed by atoms with Gasteiger partial charge < -0.3 is 14.9 Å². The number of hydrogen-bond acceptors (Lipinski definition) is 3. The zero-order chi connectivity index (χ0) is 10.9. The minimum atomic E-state index is -1.20. The molecule has 0 bridgehead atoms. The van der Waals surface area contributed by atoms with E-state index in [1.54, 1.807) is 26.0 Å². The molecule has 14 heavy (non-hydrogen) atoms. The number of aromatic hydroxyl groups is 1. The third-order valence-corrected chi connectivity index (χ3v) is 2.24. The molecule has 0 aromatic heterocycles. The van der Waals surface area contributed by atoms with Gasteiger partial charge in [0.05, 0.1) is 17.7 Å². The fourth-order valence-electron chi connectivity index (χ4n) is 1.29. The Bertz CT molecular complexity index is 342. The number of hydrogen-bond donors (Lipinski definition) is 2. The summed E-state index contributed by atoms with van der Waals surface area (Å²) in [7, 11) is 1.44. The molecule has 2 N–H and O–H groups in total. The molecule has 0 saturated carbocycles. The number of benzene rings is 1. The van der Waals surface area contributed by atoms with Crippen LogP contribution in [-0.4, -0.2) is 17.3 Å². The highest BCUT2D eigenvalue weighted by Gasteiger charge is 2.25. The molecule has 0 aliphatic carbocycles. The van der Waals surface area contributed by atoms with Crippen molar-refractivity contribution in [3.8, 4) is 11.5 Å². The molecule has 4 heteroatoms. The van der Waals surface area contributed by atoms with E-state index in [-0.39, 0.29) is 11.3 Å². The van der Waals surface area contributed by atoms with Crippen molar-refractivity contribution in [1.82, 2.24) is 0 Å². The maximum atomic E-state index is 9.77. The van der Waals surface area contributed by atoms with E-state index in [2.05, 4.69) is 0 Å². The molecule has 0 amide bonds. The second kappa shape index (κ2) is 3.67. The minimum absolute atomic E-state index is 0.118. The van der Waals surface area contributed by atoms with Crippen LogP contribution in [0.5, 0.6) is 11.5 Å². The number of phenolic OH excluding ortho intramolecular Hbond substituents is 1. The molecule has 1 aromatic carbocycles. The topological polar surface area (TPSA) is 49.7 Å². The summed E-state index contributed by atoms with van der Waals surface area (Å²) in [6.07, 6.45) is 0. The van der Waals surface area contributed by atoms with E-state index in [1.165, 1.54) is 7.11 Å². The van der Waals surface area contributed by atoms with Crippen LogP contribution in [0.25, 0.3) is 0 Å². The Kier molecular flexibility index (Phi) is 2.92. The quantitative estimate of drug-likeness (QED) is 0.798. The van der Waals surface area contributed by atoms with E-state index in [4.69, 9.17) is 16.3 Å². The Morgan fingerprint density at radius 2 is 1.93 bits per heavy atom. The van der Waals surface area contributed by atoms with Gasteiger partial charge in [0.15, 0.2) is 11.5 Å². The van der Waals surface area contributed by atoms with Crippen molar-refractivity contribution in [3.05, 3.63) is 22.7 Å². The van der Waals surface area contributed by atoms with Crippen molar-refractivity contribution in [2.45, 2.75) is 19.4 Å². The monoisotopic (exact) mass is 216 g/mol. The second-order valence-electron chi connectivity index (χ2n) is 3.53. The molecule has 1 aromatic rings. The van der Waals surface area contributed by atoms with Crippen LogP contribution in [-0.2, 0) is 5.60 Å². The Labute approximate surface area is 87.9 Å². The molecular formula is C10H13ClO3. The fourth-order valence-corrected chi connectivity index (χ4v) is 1.68. The van der Waals surface area contributed by atoms with E-state index in [0.29, 0.717) is 10.8 Å². The van der Waals surface area contributed by atoms with Crippen LogP contribution in [0.2, 0.25) is 5.02 Å². The lowest BCUT2D eigenvalue weighted by Crippen LogP contribution is -2.16. The molecule has 0 saturated heterocycles. The average Bonchev–Trinajstić information content (AvgIpc) is 2.02. The largest absolute Gasteiger partial charge is 0.504 e. The average molecular weight is 217 g/mol. The first kappa shape index (κ1) is 11.1. The number of methoxy groups -OCH3 is 1. The predicted molar refractivity (Wildman–Crippen MR) is 54.9 cm³/mol. The molecule has 0 aliphatic heterocycles. The van der Waals surface area contributed by atoms with Gasteiger partial charge in [-0.3, -0.25) is 0 Å². The number of ether oxygens (including phenoxy) is 1. The first-order valence-corrected chi connectivity index (χ1v) is 4.54. The first-order valence-electron chi connectivity index (χ1n) is 4.16. The van der Waals surface area contributed by atoms with Gasteiger partial charge in [-0.05, 0) is 26.0 Å². The predicted octanol–water partition coefficient (Wildman–Crippen LogP) is 2.28. The Balaban J connectivity index is 3.40. The molecule has 0 heterocycles. The van der Waals surface area contributed by atoms with Crippen LogP contribution >= 0.6 is 11.6 Å². The van der Waals surface area contributed by atoms with E-state index < -0.39 is 5.60 Å². The highest BCUT2D eigenvalue weighted by atomic mass is 35.5. The van der Waals surface area contributed by atoms with Gasteiger partial charge in [-0.1, -0.05) is 11.6 Å². The van der Waals surface area contributed by atoms with Gasteiger partial charge >= 0.3 is 0 Å².